The van der Waals surface area contributed by atoms with Crippen LogP contribution in [-0.4, -0.2) is 40.2 Å². The van der Waals surface area contributed by atoms with E-state index in [1.807, 2.05) is 44.3 Å². The van der Waals surface area contributed by atoms with Gasteiger partial charge in [0.1, 0.15) is 5.69 Å². The second-order valence-electron chi connectivity index (χ2n) is 12.2. The quantitative estimate of drug-likeness (QED) is 0.128. The smallest absolute Gasteiger partial charge is 0.272 e. The molecule has 1 amide bonds. The van der Waals surface area contributed by atoms with E-state index in [1.54, 1.807) is 22.9 Å². The standard InChI is InChI=1S/C35H37ClN6O2Si/c1-24(23-42-20-19-30(41-42)26-17-18-31(37-6)29(36)21-26)38-34(43)33-22-32(39-40-33)25(2)44-45(35(3,4)5,27-13-9-7-10-14-27)28-15-11-8-12-16-28/h7-22,24-25H,23H2,1-5H3,(H,38,43)(H,39,40)/t24-,25+/m0/s1. The summed E-state index contributed by atoms with van der Waals surface area (Å²) < 4.78 is 8.95. The first-order chi connectivity index (χ1) is 21.5. The first-order valence-corrected chi connectivity index (χ1v) is 17.2. The number of nitrogens with one attached hydrogen (secondary N) is 2. The summed E-state index contributed by atoms with van der Waals surface area (Å²) in [5, 5.41) is 17.6. The number of nitrogens with zero attached hydrogens (tertiary/aromatic N) is 4. The van der Waals surface area contributed by atoms with Gasteiger partial charge >= 0.3 is 0 Å². The van der Waals surface area contributed by atoms with Crippen LogP contribution in [0.25, 0.3) is 16.1 Å². The predicted molar refractivity (Wildman–Crippen MR) is 182 cm³/mol. The van der Waals surface area contributed by atoms with Crippen LogP contribution in [0.1, 0.15) is 56.9 Å². The second-order valence-corrected chi connectivity index (χ2v) is 16.9. The van der Waals surface area contributed by atoms with Crippen molar-refractivity contribution in [3.8, 4) is 11.3 Å². The van der Waals surface area contributed by atoms with Gasteiger partial charge in [0.25, 0.3) is 14.2 Å². The van der Waals surface area contributed by atoms with Crippen LogP contribution in [0.5, 0.6) is 0 Å². The predicted octanol–water partition coefficient (Wildman–Crippen LogP) is 6.93. The lowest BCUT2D eigenvalue weighted by atomic mass is 10.1. The Morgan fingerprint density at radius 2 is 1.67 bits per heavy atom. The molecule has 0 aliphatic rings. The van der Waals surface area contributed by atoms with Crippen LogP contribution in [0.2, 0.25) is 10.1 Å². The number of halogens is 1. The van der Waals surface area contributed by atoms with Crippen molar-refractivity contribution < 1.29 is 9.22 Å². The lowest BCUT2D eigenvalue weighted by Gasteiger charge is -2.44. The Kier molecular flexibility index (Phi) is 9.39. The molecular formula is C35H37ClN6O2Si. The zero-order chi connectivity index (χ0) is 32.2. The van der Waals surface area contributed by atoms with Crippen LogP contribution in [-0.2, 0) is 11.0 Å². The van der Waals surface area contributed by atoms with E-state index in [2.05, 4.69) is 94.8 Å². The summed E-state index contributed by atoms with van der Waals surface area (Å²) >= 11 is 6.20. The fourth-order valence-corrected chi connectivity index (χ4v) is 10.6. The molecule has 0 radical (unpaired) electrons. The molecular weight excluding hydrogens is 600 g/mol. The highest BCUT2D eigenvalue weighted by molar-refractivity contribution is 6.99. The molecule has 0 saturated carbocycles. The molecule has 0 saturated heterocycles. The molecule has 10 heteroatoms. The molecule has 45 heavy (non-hydrogen) atoms. The molecule has 8 nitrogen and oxygen atoms in total. The molecule has 0 bridgehead atoms. The minimum atomic E-state index is -2.79. The van der Waals surface area contributed by atoms with Crippen molar-refractivity contribution in [1.29, 1.82) is 0 Å². The van der Waals surface area contributed by atoms with Gasteiger partial charge < -0.3 is 9.74 Å². The number of aromatic amines is 1. The van der Waals surface area contributed by atoms with E-state index in [1.165, 1.54) is 10.4 Å². The summed E-state index contributed by atoms with van der Waals surface area (Å²) in [4.78, 5) is 16.6. The van der Waals surface area contributed by atoms with Gasteiger partial charge in [-0.25, -0.2) is 4.85 Å². The molecule has 0 spiro atoms. The number of rotatable bonds is 10. The highest BCUT2D eigenvalue weighted by Crippen LogP contribution is 2.39. The Balaban J connectivity index is 1.29. The number of carbonyl (C=O) groups is 1. The van der Waals surface area contributed by atoms with E-state index in [4.69, 9.17) is 22.6 Å². The van der Waals surface area contributed by atoms with Gasteiger partial charge in [-0.1, -0.05) is 105 Å². The molecule has 0 aliphatic carbocycles. The first kappa shape index (κ1) is 31.9. The van der Waals surface area contributed by atoms with E-state index in [9.17, 15) is 4.79 Å². The van der Waals surface area contributed by atoms with Crippen molar-refractivity contribution in [2.45, 2.75) is 58.3 Å². The van der Waals surface area contributed by atoms with Gasteiger partial charge in [-0.05, 0) is 47.5 Å². The van der Waals surface area contributed by atoms with Crippen LogP contribution in [0.4, 0.5) is 5.69 Å². The largest absolute Gasteiger partial charge is 0.399 e. The third kappa shape index (κ3) is 6.78. The minimum absolute atomic E-state index is 0.181. The summed E-state index contributed by atoms with van der Waals surface area (Å²) in [6.45, 7) is 18.3. The SMILES string of the molecule is [C-]#[N+]c1ccc(-c2ccn(C[C@H](C)NC(=O)c3cc([C@@H](C)O[Si](c4ccccc4)(c4ccccc4)C(C)(C)C)[nH]n3)n2)cc1Cl. The van der Waals surface area contributed by atoms with Crippen molar-refractivity contribution in [2.24, 2.45) is 0 Å². The Labute approximate surface area is 270 Å². The summed E-state index contributed by atoms with van der Waals surface area (Å²) in [5.74, 6) is -0.281. The normalized spacial score (nSPS) is 13.2. The number of hydrogen-bond acceptors (Lipinski definition) is 4. The van der Waals surface area contributed by atoms with Crippen molar-refractivity contribution in [1.82, 2.24) is 25.3 Å². The molecule has 0 fully saturated rings. The molecule has 5 aromatic rings. The van der Waals surface area contributed by atoms with Crippen LogP contribution >= 0.6 is 11.6 Å². The van der Waals surface area contributed by atoms with Crippen molar-refractivity contribution in [3.05, 3.63) is 125 Å². The maximum Gasteiger partial charge on any atom is 0.272 e. The fourth-order valence-electron chi connectivity index (χ4n) is 5.68. The molecule has 0 aliphatic heterocycles. The second kappa shape index (κ2) is 13.2. The zero-order valence-electron chi connectivity index (χ0n) is 26.1. The van der Waals surface area contributed by atoms with Gasteiger partial charge in [0.2, 0.25) is 5.69 Å². The van der Waals surface area contributed by atoms with E-state index in [0.717, 1.165) is 17.0 Å². The third-order valence-corrected chi connectivity index (χ3v) is 13.3. The lowest BCUT2D eigenvalue weighted by Crippen LogP contribution is -2.66. The summed E-state index contributed by atoms with van der Waals surface area (Å²) in [6, 6.07) is 29.6. The highest BCUT2D eigenvalue weighted by atomic mass is 35.5. The maximum absolute atomic E-state index is 13.2. The highest BCUT2D eigenvalue weighted by Gasteiger charge is 2.51. The summed E-state index contributed by atoms with van der Waals surface area (Å²) in [7, 11) is -2.79. The third-order valence-electron chi connectivity index (χ3n) is 7.88. The molecule has 0 unspecified atom stereocenters. The molecule has 2 atom stereocenters. The molecule has 2 heterocycles. The Morgan fingerprint density at radius 3 is 2.24 bits per heavy atom. The average molecular weight is 637 g/mol. The number of hydrogen-bond donors (Lipinski definition) is 2. The number of benzene rings is 3. The number of aromatic nitrogens is 4. The van der Waals surface area contributed by atoms with E-state index in [0.29, 0.717) is 22.9 Å². The average Bonchev–Trinajstić information content (AvgIpc) is 3.71. The van der Waals surface area contributed by atoms with E-state index in [-0.39, 0.29) is 23.1 Å². The van der Waals surface area contributed by atoms with Crippen molar-refractivity contribution in [2.75, 3.05) is 0 Å². The topological polar surface area (TPSA) is 89.2 Å². The van der Waals surface area contributed by atoms with Gasteiger partial charge in [0.15, 0.2) is 0 Å². The van der Waals surface area contributed by atoms with Gasteiger partial charge in [-0.15, -0.1) is 0 Å². The van der Waals surface area contributed by atoms with Crippen LogP contribution in [0, 0.1) is 6.57 Å². The number of carbonyl (C=O) groups excluding carboxylic acids is 1. The molecule has 2 aromatic heterocycles. The van der Waals surface area contributed by atoms with Crippen molar-refractivity contribution in [3.63, 3.8) is 0 Å². The lowest BCUT2D eigenvalue weighted by molar-refractivity contribution is 0.0931. The molecule has 2 N–H and O–H groups in total. The number of amides is 1. The summed E-state index contributed by atoms with van der Waals surface area (Å²) in [6.07, 6.45) is 1.51. The molecule has 230 valence electrons. The van der Waals surface area contributed by atoms with Gasteiger partial charge in [0.05, 0.1) is 30.6 Å². The Hall–Kier alpha value is -4.49. The van der Waals surface area contributed by atoms with E-state index < -0.39 is 8.32 Å². The van der Waals surface area contributed by atoms with Gasteiger partial charge in [0, 0.05) is 22.8 Å². The van der Waals surface area contributed by atoms with E-state index >= 15 is 0 Å². The maximum atomic E-state index is 13.2. The monoisotopic (exact) mass is 636 g/mol. The fraction of sp³-hybridized carbons (Fsp3) is 0.257. The zero-order valence-corrected chi connectivity index (χ0v) is 27.8. The van der Waals surface area contributed by atoms with Crippen LogP contribution < -0.4 is 15.7 Å². The first-order valence-electron chi connectivity index (χ1n) is 14.9. The molecule has 3 aromatic carbocycles. The summed E-state index contributed by atoms with van der Waals surface area (Å²) in [5.41, 5.74) is 2.99. The van der Waals surface area contributed by atoms with Crippen LogP contribution in [0.15, 0.2) is 97.2 Å². The van der Waals surface area contributed by atoms with Gasteiger partial charge in [-0.2, -0.15) is 10.2 Å². The van der Waals surface area contributed by atoms with Crippen molar-refractivity contribution >= 4 is 41.9 Å². The number of H-pyrrole nitrogens is 1. The molecule has 5 rings (SSSR count). The van der Waals surface area contributed by atoms with Gasteiger partial charge in [-0.3, -0.25) is 14.6 Å². The Morgan fingerprint density at radius 1 is 1.02 bits per heavy atom. The minimum Gasteiger partial charge on any atom is -0.399 e. The van der Waals surface area contributed by atoms with Crippen LogP contribution in [0.3, 0.4) is 0 Å². The Bertz CT molecular complexity index is 1770.